The molecule has 0 bridgehead atoms. The Balaban J connectivity index is 0.000000140. The molecule has 3 saturated heterocycles. The van der Waals surface area contributed by atoms with Gasteiger partial charge in [0, 0.05) is 135 Å². The highest BCUT2D eigenvalue weighted by molar-refractivity contribution is 6.35. The molecule has 6 aromatic heterocycles. The third-order valence-corrected chi connectivity index (χ3v) is 24.9. The number of piperazine rings is 2. The van der Waals surface area contributed by atoms with Crippen LogP contribution in [0, 0.1) is 20.8 Å². The summed E-state index contributed by atoms with van der Waals surface area (Å²) in [5, 5.41) is 1.49. The molecular formula is C96H101Cl3N20O8. The average Bonchev–Trinajstić information content (AvgIpc) is 0.758. The third-order valence-electron chi connectivity index (χ3n) is 24.0. The van der Waals surface area contributed by atoms with Crippen molar-refractivity contribution in [1.82, 2.24) is 59.6 Å². The number of hydrogen-bond donors (Lipinski definition) is 0. The van der Waals surface area contributed by atoms with Gasteiger partial charge >= 0.3 is 18.1 Å². The third kappa shape index (κ3) is 19.2. The molecule has 0 N–H and O–H groups in total. The van der Waals surface area contributed by atoms with Crippen LogP contribution in [0.3, 0.4) is 0 Å². The fourth-order valence-corrected chi connectivity index (χ4v) is 17.8. The molecule has 6 aliphatic heterocycles. The Morgan fingerprint density at radius 2 is 0.717 bits per heavy atom. The van der Waals surface area contributed by atoms with Gasteiger partial charge < -0.3 is 48.2 Å². The Morgan fingerprint density at radius 3 is 1.08 bits per heavy atom. The lowest BCUT2D eigenvalue weighted by atomic mass is 9.88. The summed E-state index contributed by atoms with van der Waals surface area (Å²) in [6, 6.07) is 47.8. The van der Waals surface area contributed by atoms with E-state index in [1.54, 1.807) is 142 Å². The number of urea groups is 3. The molecule has 6 aliphatic rings. The minimum Gasteiger partial charge on any atom is -0.496 e. The number of anilines is 11. The molecule has 127 heavy (non-hydrogen) atoms. The number of fused-ring (bicyclic) bond motifs is 3. The standard InChI is InChI=1S/C33H35ClN6O3.C32H34ClN7O3.C31H32ClN7O2/c1-21-6-5-7-27(34)31(21)39-20-25-18-35-29(37-32(25)40(33(39)41)30-11-10-26(42-3)19-36-30)17-24-9-8-23(16-28(24)43-4)22-12-14-38(2)15-13-22;1-21-6-5-7-26(33)30(21)39-20-23-18-34-28(36-31(23)40(32(39)41)29-11-10-25(42-3)19-35-29)16-22-8-9-24(17-27(22)43-4)38-14-12-37(2)13-15-38;1-21-5-4-6-26(32)29(21)38-20-23-18-33-27(17-22-7-9-24(10-8-22)37-15-13-36(2)14-16-37)35-30(23)39(31(38)40)28-12-11-25(41-3)19-34-28/h5-11,16,18-19,22H,12-15,17,20H2,1-4H3;5-11,17-19H,12-16,20H2,1-4H3;4-12,18-19H,13-17,20H2,1-3H3. The average molecular weight is 1770 g/mol. The summed E-state index contributed by atoms with van der Waals surface area (Å²) in [6.45, 7) is 17.0. The number of rotatable bonds is 20. The molecule has 654 valence electrons. The van der Waals surface area contributed by atoms with Crippen molar-refractivity contribution in [2.45, 2.75) is 78.4 Å². The van der Waals surface area contributed by atoms with E-state index in [0.717, 1.165) is 146 Å². The van der Waals surface area contributed by atoms with Gasteiger partial charge in [0.25, 0.3) is 0 Å². The van der Waals surface area contributed by atoms with Gasteiger partial charge in [-0.2, -0.15) is 0 Å². The van der Waals surface area contributed by atoms with Crippen LogP contribution in [0.25, 0.3) is 0 Å². The van der Waals surface area contributed by atoms with Crippen molar-refractivity contribution in [2.24, 2.45) is 0 Å². The number of nitrogens with zero attached hydrogens (tertiary/aromatic N) is 20. The minimum absolute atomic E-state index is 0.273. The smallest absolute Gasteiger partial charge is 0.336 e. The van der Waals surface area contributed by atoms with Gasteiger partial charge in [-0.25, -0.2) is 73.9 Å². The zero-order valence-electron chi connectivity index (χ0n) is 73.0. The van der Waals surface area contributed by atoms with Crippen LogP contribution < -0.4 is 62.9 Å². The van der Waals surface area contributed by atoms with Crippen LogP contribution >= 0.6 is 34.8 Å². The van der Waals surface area contributed by atoms with Crippen molar-refractivity contribution in [1.29, 1.82) is 0 Å². The highest BCUT2D eigenvalue weighted by Gasteiger charge is 2.41. The van der Waals surface area contributed by atoms with E-state index >= 15 is 0 Å². The zero-order valence-corrected chi connectivity index (χ0v) is 75.3. The number of methoxy groups -OCH3 is 5. The van der Waals surface area contributed by atoms with E-state index in [4.69, 9.17) is 88.4 Å². The van der Waals surface area contributed by atoms with Crippen LogP contribution in [0.15, 0.2) is 189 Å². The number of para-hydroxylation sites is 3. The first-order valence-corrected chi connectivity index (χ1v) is 43.4. The lowest BCUT2D eigenvalue weighted by Gasteiger charge is -2.36. The van der Waals surface area contributed by atoms with Gasteiger partial charge in [0.1, 0.15) is 63.7 Å². The number of hydrogen-bond acceptors (Lipinski definition) is 22. The van der Waals surface area contributed by atoms with Crippen LogP contribution in [-0.2, 0) is 38.9 Å². The normalized spacial score (nSPS) is 15.7. The lowest BCUT2D eigenvalue weighted by Crippen LogP contribution is -2.46. The van der Waals surface area contributed by atoms with E-state index in [0.29, 0.717) is 133 Å². The number of ether oxygens (including phenoxy) is 5. The van der Waals surface area contributed by atoms with Crippen molar-refractivity contribution in [3.05, 3.63) is 277 Å². The molecule has 0 saturated carbocycles. The van der Waals surface area contributed by atoms with E-state index in [9.17, 15) is 14.4 Å². The summed E-state index contributed by atoms with van der Waals surface area (Å²) in [5.41, 5.74) is 13.7. The maximum absolute atomic E-state index is 14.2. The highest BCUT2D eigenvalue weighted by Crippen LogP contribution is 2.45. The van der Waals surface area contributed by atoms with Crippen LogP contribution in [0.5, 0.6) is 28.7 Å². The number of benzene rings is 6. The fourth-order valence-electron chi connectivity index (χ4n) is 16.8. The lowest BCUT2D eigenvalue weighted by molar-refractivity contribution is 0.251. The van der Waals surface area contributed by atoms with Crippen molar-refractivity contribution < 1.29 is 38.1 Å². The summed E-state index contributed by atoms with van der Waals surface area (Å²) in [6.07, 6.45) is 13.8. The predicted octanol–water partition coefficient (Wildman–Crippen LogP) is 17.5. The number of pyridine rings is 3. The molecule has 28 nitrogen and oxygen atoms in total. The fraction of sp³-hybridized carbons (Fsp3) is 0.312. The number of likely N-dealkylation sites (N-methyl/N-ethyl adjacent to an activating group) is 2. The monoisotopic (exact) mass is 1770 g/mol. The number of aryl methyl sites for hydroxylation is 3. The molecule has 3 fully saturated rings. The van der Waals surface area contributed by atoms with Crippen LogP contribution in [0.2, 0.25) is 15.1 Å². The molecule has 0 unspecified atom stereocenters. The highest BCUT2D eigenvalue weighted by atomic mass is 35.5. The summed E-state index contributed by atoms with van der Waals surface area (Å²) in [5.74, 6) is 8.46. The minimum atomic E-state index is -0.305. The Morgan fingerprint density at radius 1 is 0.362 bits per heavy atom. The van der Waals surface area contributed by atoms with E-state index in [2.05, 4.69) is 121 Å². The summed E-state index contributed by atoms with van der Waals surface area (Å²) >= 11 is 19.8. The summed E-state index contributed by atoms with van der Waals surface area (Å²) in [7, 11) is 14.6. The van der Waals surface area contributed by atoms with E-state index in [1.807, 2.05) is 57.2 Å². The van der Waals surface area contributed by atoms with Crippen molar-refractivity contribution in [3.8, 4) is 28.7 Å². The second-order valence-corrected chi connectivity index (χ2v) is 33.5. The zero-order chi connectivity index (χ0) is 88.7. The van der Waals surface area contributed by atoms with Crippen molar-refractivity contribution >= 4 is 116 Å². The van der Waals surface area contributed by atoms with E-state index in [-0.39, 0.29) is 31.2 Å². The van der Waals surface area contributed by atoms with Gasteiger partial charge in [0.05, 0.1) is 106 Å². The number of carbonyl (C=O) groups is 3. The Kier molecular flexibility index (Phi) is 26.9. The SMILES string of the molecule is COc1ccc(N2C(=O)N(c3c(C)cccc3Cl)Cc3cnc(Cc4ccc(C5CCN(C)CC5)cc4OC)nc32)nc1.COc1ccc(N2C(=O)N(c3c(C)cccc3Cl)Cc3cnc(Cc4ccc(N5CCN(C)CC5)cc4)nc32)nc1.COc1ccc(N2C(=O)N(c3c(C)cccc3Cl)Cc3cnc(Cc4ccc(N5CCN(C)CC5)cc4OC)nc32)nc1. The van der Waals surface area contributed by atoms with Crippen LogP contribution in [0.4, 0.5) is 77.7 Å². The maximum atomic E-state index is 14.2. The second kappa shape index (κ2) is 39.0. The van der Waals surface area contributed by atoms with Crippen molar-refractivity contribution in [3.63, 3.8) is 0 Å². The van der Waals surface area contributed by atoms with Crippen molar-refractivity contribution in [2.75, 3.05) is 161 Å². The first-order chi connectivity index (χ1) is 61.6. The topological polar surface area (TPSA) is 249 Å². The number of amides is 6. The molecule has 0 spiro atoms. The molecule has 6 aromatic carbocycles. The van der Waals surface area contributed by atoms with Gasteiger partial charge in [-0.15, -0.1) is 0 Å². The van der Waals surface area contributed by atoms with Gasteiger partial charge in [0.15, 0.2) is 17.5 Å². The summed E-state index contributed by atoms with van der Waals surface area (Å²) in [4.78, 5) is 106. The summed E-state index contributed by atoms with van der Waals surface area (Å²) < 4.78 is 27.5. The molecule has 0 atom stereocenters. The maximum Gasteiger partial charge on any atom is 0.336 e. The number of halogens is 3. The molecule has 12 aromatic rings. The Bertz CT molecular complexity index is 5680. The number of carbonyl (C=O) groups excluding carboxylic acids is 3. The Hall–Kier alpha value is -12.8. The van der Waals surface area contributed by atoms with E-state index in [1.165, 1.54) is 26.0 Å². The van der Waals surface area contributed by atoms with Gasteiger partial charge in [0.2, 0.25) is 0 Å². The number of piperidine rings is 1. The quantitative estimate of drug-likeness (QED) is 0.0687. The molecule has 18 rings (SSSR count). The largest absolute Gasteiger partial charge is 0.496 e. The number of aromatic nitrogens is 9. The first kappa shape index (κ1) is 87.6. The first-order valence-electron chi connectivity index (χ1n) is 42.3. The Labute approximate surface area is 754 Å². The molecular weight excluding hydrogens is 1670 g/mol. The molecule has 6 amide bonds. The number of likely N-dealkylation sites (tertiary alicyclic amines) is 1. The van der Waals surface area contributed by atoms with Crippen LogP contribution in [-0.4, -0.2) is 200 Å². The molecule has 31 heteroatoms. The van der Waals surface area contributed by atoms with Crippen LogP contribution in [0.1, 0.15) is 91.9 Å². The molecule has 0 aliphatic carbocycles. The second-order valence-electron chi connectivity index (χ2n) is 32.3. The molecule has 12 heterocycles. The van der Waals surface area contributed by atoms with E-state index < -0.39 is 0 Å². The van der Waals surface area contributed by atoms with Gasteiger partial charge in [-0.3, -0.25) is 14.7 Å². The van der Waals surface area contributed by atoms with Gasteiger partial charge in [-0.1, -0.05) is 102 Å². The van der Waals surface area contributed by atoms with Gasteiger partial charge in [-0.05, 0) is 180 Å². The predicted molar refractivity (Wildman–Crippen MR) is 498 cm³/mol. The molecule has 0 radical (unpaired) electrons.